The van der Waals surface area contributed by atoms with E-state index in [1.165, 1.54) is 4.90 Å². The number of nitrogens with zero attached hydrogens (tertiary/aromatic N) is 1. The molecule has 1 aromatic carbocycles. The lowest BCUT2D eigenvalue weighted by Gasteiger charge is -2.32. The van der Waals surface area contributed by atoms with Crippen LogP contribution < -0.4 is 0 Å². The third-order valence-corrected chi connectivity index (χ3v) is 3.14. The SMILES string of the molecule is O=C(CCC(F)(F)F)N1Cc2ccccc2C(O)C1. The van der Waals surface area contributed by atoms with Crippen molar-refractivity contribution in [3.63, 3.8) is 0 Å². The highest BCUT2D eigenvalue weighted by atomic mass is 19.4. The summed E-state index contributed by atoms with van der Waals surface area (Å²) in [6.07, 6.45) is -6.86. The van der Waals surface area contributed by atoms with Crippen LogP contribution in [-0.4, -0.2) is 28.6 Å². The zero-order valence-corrected chi connectivity index (χ0v) is 10.2. The van der Waals surface area contributed by atoms with E-state index in [4.69, 9.17) is 0 Å². The zero-order chi connectivity index (χ0) is 14.0. The van der Waals surface area contributed by atoms with E-state index in [1.807, 2.05) is 0 Å². The number of fused-ring (bicyclic) bond motifs is 1. The Labute approximate surface area is 108 Å². The Bertz CT molecular complexity index is 473. The number of amides is 1. The van der Waals surface area contributed by atoms with Crippen LogP contribution in [0.15, 0.2) is 24.3 Å². The minimum Gasteiger partial charge on any atom is -0.387 e. The zero-order valence-electron chi connectivity index (χ0n) is 10.2. The predicted octanol–water partition coefficient (Wildman–Crippen LogP) is 2.40. The summed E-state index contributed by atoms with van der Waals surface area (Å²) >= 11 is 0. The van der Waals surface area contributed by atoms with Gasteiger partial charge < -0.3 is 10.0 Å². The average Bonchev–Trinajstić information content (AvgIpc) is 2.35. The van der Waals surface area contributed by atoms with Crippen molar-refractivity contribution in [1.82, 2.24) is 4.90 Å². The number of hydrogen-bond acceptors (Lipinski definition) is 2. The Balaban J connectivity index is 2.03. The molecule has 19 heavy (non-hydrogen) atoms. The maximum Gasteiger partial charge on any atom is 0.389 e. The molecule has 104 valence electrons. The van der Waals surface area contributed by atoms with Gasteiger partial charge in [-0.25, -0.2) is 0 Å². The van der Waals surface area contributed by atoms with E-state index >= 15 is 0 Å². The molecule has 1 aliphatic rings. The van der Waals surface area contributed by atoms with Crippen molar-refractivity contribution in [2.45, 2.75) is 31.7 Å². The fourth-order valence-electron chi connectivity index (χ4n) is 2.18. The molecular weight excluding hydrogens is 259 g/mol. The van der Waals surface area contributed by atoms with Gasteiger partial charge in [0.25, 0.3) is 0 Å². The first-order valence-electron chi connectivity index (χ1n) is 5.97. The summed E-state index contributed by atoms with van der Waals surface area (Å²) in [5.41, 5.74) is 1.52. The van der Waals surface area contributed by atoms with Gasteiger partial charge in [0.05, 0.1) is 19.1 Å². The molecule has 3 nitrogen and oxygen atoms in total. The third kappa shape index (κ3) is 3.47. The molecule has 0 bridgehead atoms. The van der Waals surface area contributed by atoms with E-state index in [1.54, 1.807) is 24.3 Å². The molecule has 1 aliphatic heterocycles. The molecule has 1 N–H and O–H groups in total. The van der Waals surface area contributed by atoms with Gasteiger partial charge in [-0.05, 0) is 11.1 Å². The van der Waals surface area contributed by atoms with Crippen LogP contribution in [-0.2, 0) is 11.3 Å². The number of benzene rings is 1. The number of carbonyl (C=O) groups is 1. The van der Waals surface area contributed by atoms with Gasteiger partial charge in [0.1, 0.15) is 0 Å². The van der Waals surface area contributed by atoms with Crippen molar-refractivity contribution in [2.24, 2.45) is 0 Å². The van der Waals surface area contributed by atoms with Crippen LogP contribution in [0.25, 0.3) is 0 Å². The Hall–Kier alpha value is -1.56. The molecule has 0 spiro atoms. The Morgan fingerprint density at radius 2 is 2.05 bits per heavy atom. The van der Waals surface area contributed by atoms with Crippen molar-refractivity contribution in [3.8, 4) is 0 Å². The maximum absolute atomic E-state index is 12.1. The van der Waals surface area contributed by atoms with Crippen molar-refractivity contribution < 1.29 is 23.1 Å². The molecule has 0 saturated carbocycles. The summed E-state index contributed by atoms with van der Waals surface area (Å²) in [6, 6.07) is 7.08. The summed E-state index contributed by atoms with van der Waals surface area (Å²) in [5.74, 6) is -0.578. The molecule has 0 aliphatic carbocycles. The first-order chi connectivity index (χ1) is 8.87. The summed E-state index contributed by atoms with van der Waals surface area (Å²) in [4.78, 5) is 13.0. The maximum atomic E-state index is 12.1. The standard InChI is InChI=1S/C13H14F3NO2/c14-13(15,16)6-5-12(19)17-7-9-3-1-2-4-10(9)11(18)8-17/h1-4,11,18H,5-8H2. The number of alkyl halides is 3. The quantitative estimate of drug-likeness (QED) is 0.899. The lowest BCUT2D eigenvalue weighted by Crippen LogP contribution is -2.38. The van der Waals surface area contributed by atoms with E-state index < -0.39 is 31.0 Å². The van der Waals surface area contributed by atoms with E-state index in [-0.39, 0.29) is 13.1 Å². The highest BCUT2D eigenvalue weighted by Crippen LogP contribution is 2.28. The topological polar surface area (TPSA) is 40.5 Å². The van der Waals surface area contributed by atoms with Crippen molar-refractivity contribution in [3.05, 3.63) is 35.4 Å². The highest BCUT2D eigenvalue weighted by molar-refractivity contribution is 5.76. The molecule has 0 radical (unpaired) electrons. The van der Waals surface area contributed by atoms with E-state index in [0.29, 0.717) is 0 Å². The Morgan fingerprint density at radius 1 is 1.37 bits per heavy atom. The number of hydrogen-bond donors (Lipinski definition) is 1. The smallest absolute Gasteiger partial charge is 0.387 e. The summed E-state index contributed by atoms with van der Waals surface area (Å²) in [5, 5.41) is 9.89. The van der Waals surface area contributed by atoms with Crippen LogP contribution in [0.3, 0.4) is 0 Å². The monoisotopic (exact) mass is 273 g/mol. The number of β-amino-alcohol motifs (C(OH)–C–C–N with tert-alkyl or cyclic N) is 1. The first kappa shape index (κ1) is 13.9. The van der Waals surface area contributed by atoms with Crippen LogP contribution in [0.2, 0.25) is 0 Å². The number of halogens is 3. The van der Waals surface area contributed by atoms with Crippen molar-refractivity contribution in [1.29, 1.82) is 0 Å². The largest absolute Gasteiger partial charge is 0.389 e. The molecule has 0 saturated heterocycles. The second-order valence-corrected chi connectivity index (χ2v) is 4.60. The molecule has 1 atom stereocenters. The number of carbonyl (C=O) groups excluding carboxylic acids is 1. The van der Waals surface area contributed by atoms with Crippen LogP contribution >= 0.6 is 0 Å². The second kappa shape index (κ2) is 5.21. The second-order valence-electron chi connectivity index (χ2n) is 4.60. The van der Waals surface area contributed by atoms with Gasteiger partial charge in [-0.15, -0.1) is 0 Å². The van der Waals surface area contributed by atoms with Gasteiger partial charge in [0, 0.05) is 13.0 Å². The van der Waals surface area contributed by atoms with Gasteiger partial charge in [-0.2, -0.15) is 13.2 Å². The van der Waals surface area contributed by atoms with Gasteiger partial charge in [-0.3, -0.25) is 4.79 Å². The molecule has 6 heteroatoms. The van der Waals surface area contributed by atoms with E-state index in [2.05, 4.69) is 0 Å². The van der Waals surface area contributed by atoms with E-state index in [0.717, 1.165) is 11.1 Å². The molecule has 1 heterocycles. The normalized spacial score (nSPS) is 19.2. The lowest BCUT2D eigenvalue weighted by molar-refractivity contribution is -0.150. The van der Waals surface area contributed by atoms with Crippen LogP contribution in [0.1, 0.15) is 30.1 Å². The lowest BCUT2D eigenvalue weighted by atomic mass is 9.97. The summed E-state index contributed by atoms with van der Waals surface area (Å²) < 4.78 is 36.2. The molecule has 2 rings (SSSR count). The molecule has 0 fully saturated rings. The highest BCUT2D eigenvalue weighted by Gasteiger charge is 2.31. The number of aliphatic hydroxyl groups is 1. The van der Waals surface area contributed by atoms with Gasteiger partial charge in [0.2, 0.25) is 5.91 Å². The van der Waals surface area contributed by atoms with Gasteiger partial charge >= 0.3 is 6.18 Å². The van der Waals surface area contributed by atoms with Crippen molar-refractivity contribution in [2.75, 3.05) is 6.54 Å². The fourth-order valence-corrected chi connectivity index (χ4v) is 2.18. The first-order valence-corrected chi connectivity index (χ1v) is 5.97. The van der Waals surface area contributed by atoms with Gasteiger partial charge in [0.15, 0.2) is 0 Å². The third-order valence-electron chi connectivity index (χ3n) is 3.14. The van der Waals surface area contributed by atoms with E-state index in [9.17, 15) is 23.1 Å². The van der Waals surface area contributed by atoms with Gasteiger partial charge in [-0.1, -0.05) is 24.3 Å². The summed E-state index contributed by atoms with van der Waals surface area (Å²) in [7, 11) is 0. The molecule has 1 aromatic rings. The minimum atomic E-state index is -4.33. The minimum absolute atomic E-state index is 0.0493. The molecule has 0 aromatic heterocycles. The van der Waals surface area contributed by atoms with Crippen LogP contribution in [0.5, 0.6) is 0 Å². The predicted molar refractivity (Wildman–Crippen MR) is 62.1 cm³/mol. The number of rotatable bonds is 2. The Kier molecular flexibility index (Phi) is 3.80. The van der Waals surface area contributed by atoms with Crippen LogP contribution in [0, 0.1) is 0 Å². The molecule has 1 amide bonds. The Morgan fingerprint density at radius 3 is 2.74 bits per heavy atom. The number of aliphatic hydroxyl groups excluding tert-OH is 1. The average molecular weight is 273 g/mol. The van der Waals surface area contributed by atoms with Crippen molar-refractivity contribution >= 4 is 5.91 Å². The fraction of sp³-hybridized carbons (Fsp3) is 0.462. The summed E-state index contributed by atoms with van der Waals surface area (Å²) in [6.45, 7) is 0.303. The van der Waals surface area contributed by atoms with Crippen LogP contribution in [0.4, 0.5) is 13.2 Å². The molecular formula is C13H14F3NO2. The molecule has 1 unspecified atom stereocenters.